The van der Waals surface area contributed by atoms with Gasteiger partial charge in [-0.15, -0.1) is 10.2 Å². The Balaban J connectivity index is 1.54. The van der Waals surface area contributed by atoms with Gasteiger partial charge < -0.3 is 14.8 Å². The molecule has 31 heavy (non-hydrogen) atoms. The third-order valence-electron chi connectivity index (χ3n) is 4.29. The summed E-state index contributed by atoms with van der Waals surface area (Å²) < 4.78 is 7.33. The van der Waals surface area contributed by atoms with Gasteiger partial charge in [0.1, 0.15) is 11.5 Å². The first-order valence-corrected chi connectivity index (χ1v) is 10.9. The van der Waals surface area contributed by atoms with Crippen LogP contribution in [0.4, 0.5) is 5.69 Å². The van der Waals surface area contributed by atoms with Gasteiger partial charge in [-0.25, -0.2) is 0 Å². The molecule has 2 N–H and O–H groups in total. The van der Waals surface area contributed by atoms with Crippen LogP contribution < -0.4 is 5.32 Å². The molecule has 0 spiro atoms. The summed E-state index contributed by atoms with van der Waals surface area (Å²) in [6.07, 6.45) is 1.59. The van der Waals surface area contributed by atoms with E-state index in [9.17, 15) is 9.90 Å². The molecule has 0 unspecified atom stereocenters. The molecule has 0 fully saturated rings. The molecule has 0 aliphatic carbocycles. The first kappa shape index (κ1) is 21.3. The summed E-state index contributed by atoms with van der Waals surface area (Å²) in [4.78, 5) is 12.5. The molecule has 7 nitrogen and oxygen atoms in total. The number of halogens is 2. The van der Waals surface area contributed by atoms with Crippen molar-refractivity contribution < 1.29 is 14.3 Å². The quantitative estimate of drug-likeness (QED) is 0.351. The summed E-state index contributed by atoms with van der Waals surface area (Å²) in [5.74, 6) is 1.31. The summed E-state index contributed by atoms with van der Waals surface area (Å²) >= 11 is 13.4. The fraction of sp³-hybridized carbons (Fsp3) is 0.0952. The molecule has 1 amide bonds. The van der Waals surface area contributed by atoms with Gasteiger partial charge >= 0.3 is 0 Å². The van der Waals surface area contributed by atoms with Gasteiger partial charge in [-0.1, -0.05) is 41.0 Å². The van der Waals surface area contributed by atoms with E-state index >= 15 is 0 Å². The minimum absolute atomic E-state index is 0.0920. The third kappa shape index (κ3) is 5.04. The lowest BCUT2D eigenvalue weighted by Crippen LogP contribution is -2.15. The number of nitrogens with one attached hydrogen (secondary N) is 1. The normalized spacial score (nSPS) is 10.9. The van der Waals surface area contributed by atoms with Crippen LogP contribution in [0, 0.1) is 0 Å². The van der Waals surface area contributed by atoms with Crippen LogP contribution in [0.2, 0.25) is 10.0 Å². The van der Waals surface area contributed by atoms with Crippen LogP contribution in [0.25, 0.3) is 11.4 Å². The topological polar surface area (TPSA) is 93.2 Å². The van der Waals surface area contributed by atoms with Crippen molar-refractivity contribution in [1.29, 1.82) is 0 Å². The molecule has 2 heterocycles. The van der Waals surface area contributed by atoms with Gasteiger partial charge in [0.05, 0.1) is 34.3 Å². The largest absolute Gasteiger partial charge is 0.508 e. The predicted octanol–water partition coefficient (Wildman–Crippen LogP) is 5.33. The highest BCUT2D eigenvalue weighted by Crippen LogP contribution is 2.30. The van der Waals surface area contributed by atoms with Crippen LogP contribution in [-0.2, 0) is 11.3 Å². The van der Waals surface area contributed by atoms with E-state index in [0.717, 1.165) is 11.3 Å². The van der Waals surface area contributed by atoms with Crippen LogP contribution in [0.1, 0.15) is 5.76 Å². The van der Waals surface area contributed by atoms with Crippen molar-refractivity contribution in [3.05, 3.63) is 76.7 Å². The third-order valence-corrected chi connectivity index (χ3v) is 6.08. The van der Waals surface area contributed by atoms with Crippen molar-refractivity contribution in [3.63, 3.8) is 0 Å². The van der Waals surface area contributed by atoms with E-state index in [4.69, 9.17) is 27.6 Å². The molecule has 0 aliphatic rings. The maximum Gasteiger partial charge on any atom is 0.234 e. The molecule has 158 valence electrons. The number of benzene rings is 2. The lowest BCUT2D eigenvalue weighted by atomic mass is 10.2. The van der Waals surface area contributed by atoms with Gasteiger partial charge in [0.2, 0.25) is 5.91 Å². The van der Waals surface area contributed by atoms with Gasteiger partial charge in [-0.05, 0) is 48.5 Å². The fourth-order valence-corrected chi connectivity index (χ4v) is 3.92. The maximum absolute atomic E-state index is 12.5. The van der Waals surface area contributed by atoms with Crippen LogP contribution in [0.15, 0.2) is 70.4 Å². The van der Waals surface area contributed by atoms with Gasteiger partial charge in [-0.3, -0.25) is 9.36 Å². The lowest BCUT2D eigenvalue weighted by molar-refractivity contribution is -0.113. The number of aromatic nitrogens is 3. The summed E-state index contributed by atoms with van der Waals surface area (Å²) in [5.41, 5.74) is 1.22. The minimum Gasteiger partial charge on any atom is -0.508 e. The number of aromatic hydroxyl groups is 1. The predicted molar refractivity (Wildman–Crippen MR) is 121 cm³/mol. The molecule has 10 heteroatoms. The molecule has 2 aromatic heterocycles. The summed E-state index contributed by atoms with van der Waals surface area (Å²) in [6.45, 7) is 0.389. The number of rotatable bonds is 7. The maximum atomic E-state index is 12.5. The Kier molecular flexibility index (Phi) is 6.50. The molecule has 0 bridgehead atoms. The molecule has 4 aromatic rings. The molecule has 0 aliphatic heterocycles. The van der Waals surface area contributed by atoms with Crippen molar-refractivity contribution in [2.75, 3.05) is 11.1 Å². The zero-order valence-electron chi connectivity index (χ0n) is 16.0. The second-order valence-corrected chi connectivity index (χ2v) is 8.18. The number of hydrogen-bond acceptors (Lipinski definition) is 6. The van der Waals surface area contributed by atoms with Crippen molar-refractivity contribution in [2.24, 2.45) is 0 Å². The van der Waals surface area contributed by atoms with Gasteiger partial charge in [0, 0.05) is 5.56 Å². The van der Waals surface area contributed by atoms with Gasteiger partial charge in [0.15, 0.2) is 11.0 Å². The average Bonchev–Trinajstić information content (AvgIpc) is 3.41. The Morgan fingerprint density at radius 3 is 2.65 bits per heavy atom. The Bertz CT molecular complexity index is 1190. The molecule has 4 rings (SSSR count). The smallest absolute Gasteiger partial charge is 0.234 e. The van der Waals surface area contributed by atoms with Crippen molar-refractivity contribution in [3.8, 4) is 17.1 Å². The highest BCUT2D eigenvalue weighted by Gasteiger charge is 2.17. The number of carbonyl (C=O) groups is 1. The second-order valence-electron chi connectivity index (χ2n) is 6.46. The zero-order chi connectivity index (χ0) is 21.8. The Hall–Kier alpha value is -2.94. The van der Waals surface area contributed by atoms with Crippen LogP contribution in [0.5, 0.6) is 5.75 Å². The number of hydrogen-bond donors (Lipinski definition) is 2. The summed E-state index contributed by atoms with van der Waals surface area (Å²) in [5, 5.41) is 22.1. The number of anilines is 1. The van der Waals surface area contributed by atoms with Crippen molar-refractivity contribution in [2.45, 2.75) is 11.7 Å². The molecule has 0 radical (unpaired) electrons. The monoisotopic (exact) mass is 474 g/mol. The molecular weight excluding hydrogens is 459 g/mol. The lowest BCUT2D eigenvalue weighted by Gasteiger charge is -2.10. The Labute approximate surface area is 192 Å². The van der Waals surface area contributed by atoms with E-state index in [1.807, 2.05) is 10.6 Å². The van der Waals surface area contributed by atoms with Gasteiger partial charge in [-0.2, -0.15) is 0 Å². The number of amides is 1. The Morgan fingerprint density at radius 1 is 1.10 bits per heavy atom. The van der Waals surface area contributed by atoms with E-state index in [2.05, 4.69) is 15.5 Å². The van der Waals surface area contributed by atoms with Crippen LogP contribution in [0.3, 0.4) is 0 Å². The number of thioether (sulfide) groups is 1. The van der Waals surface area contributed by atoms with E-state index < -0.39 is 0 Å². The van der Waals surface area contributed by atoms with Crippen molar-refractivity contribution >= 4 is 46.6 Å². The van der Waals surface area contributed by atoms with Gasteiger partial charge in [0.25, 0.3) is 0 Å². The summed E-state index contributed by atoms with van der Waals surface area (Å²) in [7, 11) is 0. The number of nitrogens with zero attached hydrogens (tertiary/aromatic N) is 3. The van der Waals surface area contributed by atoms with E-state index in [-0.39, 0.29) is 22.4 Å². The zero-order valence-corrected chi connectivity index (χ0v) is 18.3. The first-order valence-electron chi connectivity index (χ1n) is 9.13. The number of phenolic OH excluding ortho intramolecular Hbond substituents is 1. The minimum atomic E-state index is -0.257. The molecule has 0 saturated heterocycles. The number of furan rings is 1. The molecule has 0 atom stereocenters. The Morgan fingerprint density at radius 2 is 1.90 bits per heavy atom. The highest BCUT2D eigenvalue weighted by molar-refractivity contribution is 7.99. The van der Waals surface area contributed by atoms with E-state index in [1.165, 1.54) is 11.8 Å². The number of carbonyl (C=O) groups excluding carboxylic acids is 1. The second kappa shape index (κ2) is 9.47. The van der Waals surface area contributed by atoms with Crippen LogP contribution >= 0.6 is 35.0 Å². The average molecular weight is 475 g/mol. The van der Waals surface area contributed by atoms with Crippen LogP contribution in [-0.4, -0.2) is 31.5 Å². The van der Waals surface area contributed by atoms with E-state index in [0.29, 0.717) is 28.2 Å². The SMILES string of the molecule is O=C(CSc1nnc(-c2ccc(O)cc2)n1Cc1ccco1)Nc1cccc(Cl)c1Cl. The fourth-order valence-electron chi connectivity index (χ4n) is 2.84. The first-order chi connectivity index (χ1) is 15.0. The molecular formula is C21H16Cl2N4O3S. The highest BCUT2D eigenvalue weighted by atomic mass is 35.5. The van der Waals surface area contributed by atoms with E-state index in [1.54, 1.807) is 54.8 Å². The molecule has 2 aromatic carbocycles. The molecule has 0 saturated carbocycles. The van der Waals surface area contributed by atoms with Crippen molar-refractivity contribution in [1.82, 2.24) is 14.8 Å². The number of phenols is 1. The standard InChI is InChI=1S/C21H16Cl2N4O3S/c22-16-4-1-5-17(19(16)23)24-18(29)12-31-21-26-25-20(13-6-8-14(28)9-7-13)27(21)11-15-3-2-10-30-15/h1-10,28H,11-12H2,(H,24,29). The summed E-state index contributed by atoms with van der Waals surface area (Å²) in [6, 6.07) is 15.3.